The van der Waals surface area contributed by atoms with Crippen molar-refractivity contribution in [1.82, 2.24) is 15.1 Å². The van der Waals surface area contributed by atoms with Crippen LogP contribution >= 0.6 is 0 Å². The molecule has 1 N–H and O–H groups in total. The minimum atomic E-state index is 0.284. The molecule has 5 heteroatoms. The predicted molar refractivity (Wildman–Crippen MR) is 82.2 cm³/mol. The zero-order valence-corrected chi connectivity index (χ0v) is 13.4. The summed E-state index contributed by atoms with van der Waals surface area (Å²) in [4.78, 5) is 2.35. The number of hydrogen-bond donors (Lipinski definition) is 1. The second-order valence-electron chi connectivity index (χ2n) is 5.73. The second kappa shape index (κ2) is 6.59. The minimum absolute atomic E-state index is 0.284. The fourth-order valence-corrected chi connectivity index (χ4v) is 3.11. The van der Waals surface area contributed by atoms with Gasteiger partial charge in [0.1, 0.15) is 5.82 Å². The van der Waals surface area contributed by atoms with Crippen LogP contribution in [-0.2, 0) is 18.3 Å². The van der Waals surface area contributed by atoms with E-state index in [4.69, 9.17) is 4.74 Å². The summed E-state index contributed by atoms with van der Waals surface area (Å²) in [7, 11) is 4.19. The molecule has 1 saturated heterocycles. The third-order valence-electron chi connectivity index (χ3n) is 4.21. The van der Waals surface area contributed by atoms with Gasteiger partial charge in [0.05, 0.1) is 17.8 Å². The van der Waals surface area contributed by atoms with Gasteiger partial charge >= 0.3 is 0 Å². The number of nitrogens with one attached hydrogen (secondary N) is 1. The van der Waals surface area contributed by atoms with Crippen molar-refractivity contribution in [1.29, 1.82) is 0 Å². The van der Waals surface area contributed by atoms with Crippen molar-refractivity contribution in [2.45, 2.75) is 52.3 Å². The number of ether oxygens (including phenoxy) is 1. The van der Waals surface area contributed by atoms with Crippen LogP contribution in [0.3, 0.4) is 0 Å². The van der Waals surface area contributed by atoms with Gasteiger partial charge in [-0.2, -0.15) is 5.10 Å². The molecule has 0 bridgehead atoms. The van der Waals surface area contributed by atoms with Crippen molar-refractivity contribution in [3.63, 3.8) is 0 Å². The summed E-state index contributed by atoms with van der Waals surface area (Å²) in [6.07, 6.45) is 2.52. The van der Waals surface area contributed by atoms with Gasteiger partial charge in [-0.1, -0.05) is 6.92 Å². The summed E-state index contributed by atoms with van der Waals surface area (Å²) >= 11 is 0. The van der Waals surface area contributed by atoms with Crippen LogP contribution in [-0.4, -0.2) is 42.1 Å². The molecule has 0 aliphatic carbocycles. The molecule has 2 unspecified atom stereocenters. The number of hydrogen-bond acceptors (Lipinski definition) is 4. The second-order valence-corrected chi connectivity index (χ2v) is 5.73. The van der Waals surface area contributed by atoms with Crippen LogP contribution in [0.4, 0.5) is 5.82 Å². The Morgan fingerprint density at radius 2 is 2.25 bits per heavy atom. The van der Waals surface area contributed by atoms with Gasteiger partial charge in [0.15, 0.2) is 0 Å². The Labute approximate surface area is 122 Å². The highest BCUT2D eigenvalue weighted by Crippen LogP contribution is 2.28. The van der Waals surface area contributed by atoms with Crippen LogP contribution in [0.1, 0.15) is 37.9 Å². The Bertz CT molecular complexity index is 443. The van der Waals surface area contributed by atoms with Crippen LogP contribution < -0.4 is 10.2 Å². The Hall–Kier alpha value is -1.07. The van der Waals surface area contributed by atoms with E-state index in [0.717, 1.165) is 38.2 Å². The minimum Gasteiger partial charge on any atom is -0.376 e. The van der Waals surface area contributed by atoms with Gasteiger partial charge in [0, 0.05) is 32.8 Å². The first-order chi connectivity index (χ1) is 9.56. The molecule has 2 rings (SSSR count). The molecule has 1 fully saturated rings. The van der Waals surface area contributed by atoms with Crippen LogP contribution in [0.25, 0.3) is 0 Å². The van der Waals surface area contributed by atoms with Crippen molar-refractivity contribution in [2.75, 3.05) is 25.1 Å². The molecule has 0 spiro atoms. The van der Waals surface area contributed by atoms with Crippen LogP contribution in [0.15, 0.2) is 0 Å². The third kappa shape index (κ3) is 2.99. The van der Waals surface area contributed by atoms with Gasteiger partial charge in [-0.25, -0.2) is 0 Å². The summed E-state index contributed by atoms with van der Waals surface area (Å²) in [5.74, 6) is 1.22. The topological polar surface area (TPSA) is 42.3 Å². The zero-order chi connectivity index (χ0) is 14.7. The summed E-state index contributed by atoms with van der Waals surface area (Å²) in [5.41, 5.74) is 2.42. The molecule has 2 atom stereocenters. The smallest absolute Gasteiger partial charge is 0.131 e. The maximum atomic E-state index is 5.71. The lowest BCUT2D eigenvalue weighted by Crippen LogP contribution is -2.38. The molecule has 0 saturated carbocycles. The third-order valence-corrected chi connectivity index (χ3v) is 4.21. The van der Waals surface area contributed by atoms with E-state index in [0.29, 0.717) is 6.04 Å². The molecular weight excluding hydrogens is 252 g/mol. The van der Waals surface area contributed by atoms with E-state index in [1.165, 1.54) is 11.4 Å². The molecule has 0 amide bonds. The van der Waals surface area contributed by atoms with Crippen molar-refractivity contribution in [2.24, 2.45) is 7.05 Å². The lowest BCUT2D eigenvalue weighted by atomic mass is 10.1. The van der Waals surface area contributed by atoms with Crippen molar-refractivity contribution in [3.8, 4) is 0 Å². The molecular formula is C15H28N4O. The van der Waals surface area contributed by atoms with Crippen LogP contribution in [0, 0.1) is 6.92 Å². The molecule has 1 aliphatic heterocycles. The predicted octanol–water partition coefficient (Wildman–Crippen LogP) is 1.84. The fourth-order valence-electron chi connectivity index (χ4n) is 3.11. The van der Waals surface area contributed by atoms with Gasteiger partial charge in [-0.15, -0.1) is 0 Å². The highest BCUT2D eigenvalue weighted by atomic mass is 16.5. The molecule has 114 valence electrons. The van der Waals surface area contributed by atoms with Gasteiger partial charge in [-0.3, -0.25) is 4.68 Å². The van der Waals surface area contributed by atoms with E-state index >= 15 is 0 Å². The van der Waals surface area contributed by atoms with Gasteiger partial charge in [-0.05, 0) is 33.2 Å². The molecule has 20 heavy (non-hydrogen) atoms. The van der Waals surface area contributed by atoms with Crippen LogP contribution in [0.2, 0.25) is 0 Å². The summed E-state index contributed by atoms with van der Waals surface area (Å²) < 4.78 is 7.71. The Balaban J connectivity index is 2.20. The van der Waals surface area contributed by atoms with Crippen LogP contribution in [0.5, 0.6) is 0 Å². The lowest BCUT2D eigenvalue weighted by Gasteiger charge is -2.29. The summed E-state index contributed by atoms with van der Waals surface area (Å²) in [6, 6.07) is 0.440. The molecule has 1 aliphatic rings. The standard InChI is InChI=1S/C15H28N4O/c1-6-8-16-10-13-11(2)17-19(5)15(13)18(4)14-7-9-20-12(14)3/h12,14,16H,6-10H2,1-5H3. The van der Waals surface area contributed by atoms with Crippen molar-refractivity contribution >= 4 is 5.82 Å². The van der Waals surface area contributed by atoms with E-state index in [9.17, 15) is 0 Å². The first-order valence-electron chi connectivity index (χ1n) is 7.63. The SMILES string of the molecule is CCCNCc1c(C)nn(C)c1N(C)C1CCOC1C. The van der Waals surface area contributed by atoms with Gasteiger partial charge in [0.25, 0.3) is 0 Å². The zero-order valence-electron chi connectivity index (χ0n) is 13.4. The number of likely N-dealkylation sites (N-methyl/N-ethyl adjacent to an activating group) is 1. The number of rotatable bonds is 6. The Morgan fingerprint density at radius 1 is 1.50 bits per heavy atom. The lowest BCUT2D eigenvalue weighted by molar-refractivity contribution is 0.118. The number of aryl methyl sites for hydroxylation is 2. The molecule has 1 aromatic heterocycles. The maximum Gasteiger partial charge on any atom is 0.131 e. The fraction of sp³-hybridized carbons (Fsp3) is 0.800. The van der Waals surface area contributed by atoms with E-state index < -0.39 is 0 Å². The quantitative estimate of drug-likeness (QED) is 0.808. The molecule has 0 aromatic carbocycles. The molecule has 5 nitrogen and oxygen atoms in total. The molecule has 1 aromatic rings. The normalized spacial score (nSPS) is 22.4. The number of anilines is 1. The first kappa shape index (κ1) is 15.3. The Kier molecular flexibility index (Phi) is 5.05. The van der Waals surface area contributed by atoms with E-state index in [-0.39, 0.29) is 6.10 Å². The molecule has 2 heterocycles. The highest BCUT2D eigenvalue weighted by molar-refractivity contribution is 5.50. The number of aromatic nitrogens is 2. The summed E-state index contributed by atoms with van der Waals surface area (Å²) in [5, 5.41) is 8.09. The van der Waals surface area contributed by atoms with E-state index in [1.807, 2.05) is 11.7 Å². The van der Waals surface area contributed by atoms with E-state index in [2.05, 4.69) is 43.1 Å². The van der Waals surface area contributed by atoms with Crippen molar-refractivity contribution < 1.29 is 4.74 Å². The highest BCUT2D eigenvalue weighted by Gasteiger charge is 2.31. The molecule has 0 radical (unpaired) electrons. The summed E-state index contributed by atoms with van der Waals surface area (Å²) in [6.45, 7) is 9.22. The van der Waals surface area contributed by atoms with Gasteiger partial charge in [0.2, 0.25) is 0 Å². The van der Waals surface area contributed by atoms with Crippen molar-refractivity contribution in [3.05, 3.63) is 11.3 Å². The average Bonchev–Trinajstić information content (AvgIpc) is 2.94. The van der Waals surface area contributed by atoms with E-state index in [1.54, 1.807) is 0 Å². The number of nitrogens with zero attached hydrogens (tertiary/aromatic N) is 3. The first-order valence-corrected chi connectivity index (χ1v) is 7.63. The van der Waals surface area contributed by atoms with Gasteiger partial charge < -0.3 is 15.0 Å². The Morgan fingerprint density at radius 3 is 2.85 bits per heavy atom. The monoisotopic (exact) mass is 280 g/mol. The largest absolute Gasteiger partial charge is 0.376 e. The maximum absolute atomic E-state index is 5.71. The average molecular weight is 280 g/mol.